The summed E-state index contributed by atoms with van der Waals surface area (Å²) < 4.78 is 34.7. The van der Waals surface area contributed by atoms with E-state index in [1.165, 1.54) is 36.2 Å². The quantitative estimate of drug-likeness (QED) is 0.418. The van der Waals surface area contributed by atoms with Gasteiger partial charge >= 0.3 is 5.97 Å². The van der Waals surface area contributed by atoms with E-state index < -0.39 is 24.2 Å². The molecular weight excluding hydrogens is 458 g/mol. The lowest BCUT2D eigenvalue weighted by molar-refractivity contribution is -0.139. The summed E-state index contributed by atoms with van der Waals surface area (Å²) in [6.45, 7) is -0.111. The molecule has 0 aliphatic rings. The number of ether oxygens (including phenoxy) is 1. The summed E-state index contributed by atoms with van der Waals surface area (Å²) in [5, 5.41) is 18.1. The molecule has 32 heavy (non-hydrogen) atoms. The maximum Gasteiger partial charge on any atom is 0.341 e. The van der Waals surface area contributed by atoms with E-state index in [0.717, 1.165) is 16.5 Å². The third-order valence-corrected chi connectivity index (χ3v) is 5.49. The van der Waals surface area contributed by atoms with Crippen LogP contribution in [-0.2, 0) is 11.3 Å². The Hall–Kier alpha value is -3.12. The van der Waals surface area contributed by atoms with Gasteiger partial charge in [0.05, 0.1) is 16.7 Å². The van der Waals surface area contributed by atoms with Gasteiger partial charge in [0.1, 0.15) is 17.4 Å². The van der Waals surface area contributed by atoms with E-state index in [9.17, 15) is 13.6 Å². The zero-order valence-corrected chi connectivity index (χ0v) is 18.4. The highest BCUT2D eigenvalue weighted by atomic mass is 35.5. The number of nitrogens with zero attached hydrogens (tertiary/aromatic N) is 2. The number of carboxylic acids is 1. The number of halogens is 3. The van der Waals surface area contributed by atoms with E-state index in [-0.39, 0.29) is 16.3 Å². The summed E-state index contributed by atoms with van der Waals surface area (Å²) in [4.78, 5) is 11.7. The maximum atomic E-state index is 14.0. The molecule has 0 aliphatic heterocycles. The second-order valence-electron chi connectivity index (χ2n) is 6.81. The van der Waals surface area contributed by atoms with Crippen molar-refractivity contribution in [2.75, 3.05) is 13.7 Å². The number of rotatable bonds is 8. The first kappa shape index (κ1) is 23.5. The molecule has 0 radical (unpaired) electrons. The maximum absolute atomic E-state index is 14.0. The van der Waals surface area contributed by atoms with Gasteiger partial charge in [-0.2, -0.15) is 5.26 Å². The van der Waals surface area contributed by atoms with Crippen LogP contribution < -0.4 is 4.74 Å². The van der Waals surface area contributed by atoms with Crippen LogP contribution in [0.2, 0.25) is 5.02 Å². The van der Waals surface area contributed by atoms with Gasteiger partial charge in [-0.05, 0) is 78.7 Å². The highest BCUT2D eigenvalue weighted by Gasteiger charge is 2.14. The van der Waals surface area contributed by atoms with Gasteiger partial charge in [0.15, 0.2) is 6.61 Å². The van der Waals surface area contributed by atoms with Crippen molar-refractivity contribution in [3.05, 3.63) is 82.4 Å². The Bertz CT molecular complexity index is 1200. The number of hydrogen-bond donors (Lipinski definition) is 1. The van der Waals surface area contributed by atoms with Crippen LogP contribution in [0.5, 0.6) is 5.75 Å². The second-order valence-corrected chi connectivity index (χ2v) is 8.49. The zero-order chi connectivity index (χ0) is 23.3. The number of benzene rings is 3. The number of hydrogen-bond acceptors (Lipinski definition) is 5. The van der Waals surface area contributed by atoms with Gasteiger partial charge in [-0.15, -0.1) is 0 Å². The van der Waals surface area contributed by atoms with Crippen LogP contribution in [0, 0.1) is 23.0 Å². The van der Waals surface area contributed by atoms with Crippen LogP contribution >= 0.6 is 23.5 Å². The summed E-state index contributed by atoms with van der Waals surface area (Å²) in [7, 11) is 1.84. The van der Waals surface area contributed by atoms with E-state index >= 15 is 0 Å². The molecule has 5 nitrogen and oxygen atoms in total. The van der Waals surface area contributed by atoms with Gasteiger partial charge in [0.2, 0.25) is 0 Å². The largest absolute Gasteiger partial charge is 0.481 e. The van der Waals surface area contributed by atoms with Crippen LogP contribution in [0.4, 0.5) is 8.78 Å². The fourth-order valence-corrected chi connectivity index (χ4v) is 4.10. The predicted octanol–water partition coefficient (Wildman–Crippen LogP) is 5.76. The standard InChI is InChI=1S/C23H17ClF2N2O3S/c1-28(32-18-3-4-21(26)20(24)10-18)12-14-2-5-22(31-13-23(29)30)19(8-14)16-6-15(11-27)7-17(25)9-16/h2-10H,12-13H2,1H3,(H,29,30). The predicted molar refractivity (Wildman–Crippen MR) is 118 cm³/mol. The van der Waals surface area contributed by atoms with Crippen molar-refractivity contribution in [2.24, 2.45) is 0 Å². The topological polar surface area (TPSA) is 73.6 Å². The Morgan fingerprint density at radius 1 is 1.19 bits per heavy atom. The van der Waals surface area contributed by atoms with Gasteiger partial charge in [-0.1, -0.05) is 17.7 Å². The Balaban J connectivity index is 1.89. The monoisotopic (exact) mass is 474 g/mol. The number of carbonyl (C=O) groups is 1. The molecule has 0 amide bonds. The van der Waals surface area contributed by atoms with Gasteiger partial charge in [0.25, 0.3) is 0 Å². The van der Waals surface area contributed by atoms with Crippen LogP contribution in [0.25, 0.3) is 11.1 Å². The molecule has 0 heterocycles. The van der Waals surface area contributed by atoms with E-state index in [0.29, 0.717) is 17.7 Å². The van der Waals surface area contributed by atoms with Crippen molar-refractivity contribution >= 4 is 29.5 Å². The highest BCUT2D eigenvalue weighted by molar-refractivity contribution is 7.97. The lowest BCUT2D eigenvalue weighted by Gasteiger charge is -2.18. The molecular formula is C23H17ClF2N2O3S. The van der Waals surface area contributed by atoms with Gasteiger partial charge in [0, 0.05) is 17.0 Å². The third kappa shape index (κ3) is 6.20. The van der Waals surface area contributed by atoms with Crippen LogP contribution in [-0.4, -0.2) is 29.0 Å². The molecule has 0 saturated carbocycles. The number of carboxylic acid groups (broad SMARTS) is 1. The van der Waals surface area contributed by atoms with Gasteiger partial charge in [-0.25, -0.2) is 17.9 Å². The molecule has 0 fully saturated rings. The third-order valence-electron chi connectivity index (χ3n) is 4.29. The van der Waals surface area contributed by atoms with Crippen molar-refractivity contribution in [1.29, 1.82) is 5.26 Å². The van der Waals surface area contributed by atoms with Crippen LogP contribution in [0.3, 0.4) is 0 Å². The van der Waals surface area contributed by atoms with Crippen molar-refractivity contribution in [3.8, 4) is 22.9 Å². The summed E-state index contributed by atoms with van der Waals surface area (Å²) >= 11 is 7.20. The highest BCUT2D eigenvalue weighted by Crippen LogP contribution is 2.34. The lowest BCUT2D eigenvalue weighted by Crippen LogP contribution is -2.11. The Morgan fingerprint density at radius 2 is 1.97 bits per heavy atom. The molecule has 0 atom stereocenters. The average molecular weight is 475 g/mol. The minimum Gasteiger partial charge on any atom is -0.481 e. The fraction of sp³-hybridized carbons (Fsp3) is 0.130. The molecule has 3 rings (SSSR count). The molecule has 0 unspecified atom stereocenters. The molecule has 0 spiro atoms. The summed E-state index contributed by atoms with van der Waals surface area (Å²) in [6.07, 6.45) is 0. The first-order valence-electron chi connectivity index (χ1n) is 9.28. The van der Waals surface area contributed by atoms with Crippen LogP contribution in [0.15, 0.2) is 59.5 Å². The Kier molecular flexibility index (Phi) is 7.70. The Labute approximate surface area is 192 Å². The molecule has 1 N–H and O–H groups in total. The first-order chi connectivity index (χ1) is 15.2. The lowest BCUT2D eigenvalue weighted by atomic mass is 10.00. The van der Waals surface area contributed by atoms with Crippen LogP contribution in [0.1, 0.15) is 11.1 Å². The molecule has 0 saturated heterocycles. The molecule has 3 aromatic carbocycles. The van der Waals surface area contributed by atoms with E-state index in [2.05, 4.69) is 0 Å². The zero-order valence-electron chi connectivity index (χ0n) is 16.8. The van der Waals surface area contributed by atoms with Crippen molar-refractivity contribution in [2.45, 2.75) is 11.4 Å². The Morgan fingerprint density at radius 3 is 2.66 bits per heavy atom. The number of aliphatic carboxylic acids is 1. The molecule has 9 heteroatoms. The average Bonchev–Trinajstić information content (AvgIpc) is 2.74. The van der Waals surface area contributed by atoms with E-state index in [4.69, 9.17) is 26.7 Å². The minimum atomic E-state index is -1.15. The normalized spacial score (nSPS) is 10.8. The van der Waals surface area contributed by atoms with Crippen molar-refractivity contribution in [1.82, 2.24) is 4.31 Å². The SMILES string of the molecule is CN(Cc1ccc(OCC(=O)O)c(-c2cc(F)cc(C#N)c2)c1)Sc1ccc(F)c(Cl)c1. The molecule has 0 bridgehead atoms. The fourth-order valence-electron chi connectivity index (χ4n) is 2.98. The minimum absolute atomic E-state index is 0.0324. The van der Waals surface area contributed by atoms with E-state index in [1.807, 2.05) is 17.4 Å². The van der Waals surface area contributed by atoms with Gasteiger partial charge in [-0.3, -0.25) is 0 Å². The van der Waals surface area contributed by atoms with Gasteiger partial charge < -0.3 is 9.84 Å². The number of nitriles is 1. The summed E-state index contributed by atoms with van der Waals surface area (Å²) in [5.74, 6) is -1.97. The molecule has 0 aliphatic carbocycles. The smallest absolute Gasteiger partial charge is 0.341 e. The van der Waals surface area contributed by atoms with Crippen molar-refractivity contribution < 1.29 is 23.4 Å². The second kappa shape index (κ2) is 10.5. The summed E-state index contributed by atoms with van der Waals surface area (Å²) in [5.41, 5.74) is 1.82. The first-order valence-corrected chi connectivity index (χ1v) is 10.4. The van der Waals surface area contributed by atoms with E-state index in [1.54, 1.807) is 24.3 Å². The molecule has 164 valence electrons. The summed E-state index contributed by atoms with van der Waals surface area (Å²) in [6, 6.07) is 15.4. The molecule has 0 aromatic heterocycles. The van der Waals surface area contributed by atoms with Crippen molar-refractivity contribution in [3.63, 3.8) is 0 Å². The molecule has 3 aromatic rings.